The van der Waals surface area contributed by atoms with Crippen molar-refractivity contribution >= 4 is 68.9 Å². The molecule has 8 rings (SSSR count). The van der Waals surface area contributed by atoms with Crippen LogP contribution in [0, 0.1) is 11.6 Å². The van der Waals surface area contributed by atoms with Gasteiger partial charge in [0, 0.05) is 100 Å². The number of ether oxygens (including phenoxy) is 2. The van der Waals surface area contributed by atoms with Crippen molar-refractivity contribution in [1.29, 1.82) is 0 Å². The molecule has 2 aliphatic carbocycles. The lowest BCUT2D eigenvalue weighted by Crippen LogP contribution is -2.50. The van der Waals surface area contributed by atoms with Gasteiger partial charge in [-0.25, -0.2) is 18.4 Å². The van der Waals surface area contributed by atoms with E-state index in [1.54, 1.807) is 40.9 Å². The van der Waals surface area contributed by atoms with Crippen LogP contribution >= 0.6 is 0 Å². The number of esters is 2. The minimum Gasteiger partial charge on any atom is -0.477 e. The van der Waals surface area contributed by atoms with E-state index >= 15 is 8.78 Å². The number of halogens is 2. The SMILES string of the molecule is O=C(CCCCCCCCCCCCCCC(=O)OCC(=O)N1CCN(c2cc3c(cc2F)c(=O)c(C(=O)O)cn3C2CC2)CC1)OCC(=O)N1CCN(c2cc3c(cc2F)c(=O)c(C(=O)O)cn3C2CC2)CC1. The van der Waals surface area contributed by atoms with Crippen LogP contribution in [0.1, 0.15) is 148 Å². The van der Waals surface area contributed by atoms with Crippen molar-refractivity contribution in [3.63, 3.8) is 0 Å². The van der Waals surface area contributed by atoms with Gasteiger partial charge in [0.2, 0.25) is 10.9 Å². The molecule has 2 saturated carbocycles. The minimum atomic E-state index is -1.35. The highest BCUT2D eigenvalue weighted by Gasteiger charge is 2.31. The van der Waals surface area contributed by atoms with E-state index in [0.29, 0.717) is 76.2 Å². The van der Waals surface area contributed by atoms with E-state index in [9.17, 15) is 48.6 Å². The maximum atomic E-state index is 15.4. The van der Waals surface area contributed by atoms with Crippen molar-refractivity contribution in [3.05, 3.63) is 79.9 Å². The summed E-state index contributed by atoms with van der Waals surface area (Å²) in [7, 11) is 0. The molecule has 2 aromatic carbocycles. The lowest BCUT2D eigenvalue weighted by molar-refractivity contribution is -0.152. The zero-order chi connectivity index (χ0) is 52.5. The molecule has 398 valence electrons. The minimum absolute atomic E-state index is 0.0252. The topological polar surface area (TPSA) is 218 Å². The van der Waals surface area contributed by atoms with E-state index in [-0.39, 0.29) is 83.2 Å². The van der Waals surface area contributed by atoms with Crippen LogP contribution in [0.15, 0.2) is 46.2 Å². The Morgan fingerprint density at radius 1 is 0.486 bits per heavy atom. The van der Waals surface area contributed by atoms with Crippen molar-refractivity contribution in [2.24, 2.45) is 0 Å². The Balaban J connectivity index is 0.609. The van der Waals surface area contributed by atoms with E-state index in [1.165, 1.54) is 12.4 Å². The number of unbranched alkanes of at least 4 members (excludes halogenated alkanes) is 11. The van der Waals surface area contributed by atoms with Crippen LogP contribution in [0.2, 0.25) is 0 Å². The van der Waals surface area contributed by atoms with Gasteiger partial charge >= 0.3 is 23.9 Å². The first kappa shape index (κ1) is 53.4. The molecule has 0 unspecified atom stereocenters. The van der Waals surface area contributed by atoms with Crippen LogP contribution in [0.4, 0.5) is 20.2 Å². The fourth-order valence-corrected chi connectivity index (χ4v) is 10.1. The molecule has 2 amide bonds. The lowest BCUT2D eigenvalue weighted by Gasteiger charge is -2.36. The van der Waals surface area contributed by atoms with E-state index in [1.807, 2.05) is 0 Å². The Labute approximate surface area is 426 Å². The molecule has 0 atom stereocenters. The highest BCUT2D eigenvalue weighted by molar-refractivity contribution is 5.95. The lowest BCUT2D eigenvalue weighted by atomic mass is 10.0. The van der Waals surface area contributed by atoms with Gasteiger partial charge < -0.3 is 48.4 Å². The second-order valence-corrected chi connectivity index (χ2v) is 20.1. The first-order chi connectivity index (χ1) is 35.7. The van der Waals surface area contributed by atoms with Crippen LogP contribution in [0.25, 0.3) is 21.8 Å². The van der Waals surface area contributed by atoms with Gasteiger partial charge in [-0.2, -0.15) is 0 Å². The summed E-state index contributed by atoms with van der Waals surface area (Å²) in [4.78, 5) is 106. The normalized spacial score (nSPS) is 16.0. The van der Waals surface area contributed by atoms with Gasteiger partial charge in [0.15, 0.2) is 13.2 Å². The number of carboxylic acid groups (broad SMARTS) is 2. The molecule has 2 aliphatic heterocycles. The van der Waals surface area contributed by atoms with Crippen LogP contribution in [0.5, 0.6) is 0 Å². The third kappa shape index (κ3) is 13.3. The maximum absolute atomic E-state index is 15.4. The molecule has 2 aromatic heterocycles. The highest BCUT2D eigenvalue weighted by atomic mass is 19.1. The number of carbonyl (C=O) groups excluding carboxylic acids is 4. The number of carbonyl (C=O) groups is 6. The maximum Gasteiger partial charge on any atom is 0.341 e. The number of rotatable bonds is 25. The first-order valence-corrected chi connectivity index (χ1v) is 26.3. The Hall–Kier alpha value is -6.86. The molecule has 4 aromatic rings. The van der Waals surface area contributed by atoms with Crippen molar-refractivity contribution < 1.29 is 57.2 Å². The van der Waals surface area contributed by atoms with Crippen LogP contribution in [0.3, 0.4) is 0 Å². The summed E-state index contributed by atoms with van der Waals surface area (Å²) in [6.45, 7) is 1.83. The van der Waals surface area contributed by atoms with Crippen molar-refractivity contribution in [2.45, 2.75) is 128 Å². The quantitative estimate of drug-likeness (QED) is 0.0496. The summed E-state index contributed by atoms with van der Waals surface area (Å²) in [6, 6.07) is 5.52. The number of fused-ring (bicyclic) bond motifs is 2. The molecule has 20 heteroatoms. The number of amides is 2. The highest BCUT2D eigenvalue weighted by Crippen LogP contribution is 2.39. The Morgan fingerprint density at radius 2 is 0.811 bits per heavy atom. The Morgan fingerprint density at radius 3 is 1.12 bits per heavy atom. The molecule has 4 aliphatic rings. The molecule has 0 radical (unpaired) electrons. The standard InChI is InChI=1S/C54H66F2N6O12/c55-41-27-37-43(61(35-15-16-35)31-39(51(37)67)53(69)70)29-45(41)57-19-23-59(24-20-57)47(63)33-73-49(65)13-11-9-7-5-3-1-2-4-6-8-10-12-14-50(66)74-34-48(64)60-25-21-58(22-26-60)46-30-44-38(28-42(46)56)52(68)40(54(71)72)32-62(44)36-17-18-36/h27-32,35-36H,1-26,33-34H2,(H,69,70)(H,71,72). The van der Waals surface area contributed by atoms with E-state index < -0.39 is 46.4 Å². The van der Waals surface area contributed by atoms with Crippen molar-refractivity contribution in [3.8, 4) is 0 Å². The number of aromatic carboxylic acids is 2. The summed E-state index contributed by atoms with van der Waals surface area (Å²) in [5.74, 6) is -5.44. The largest absolute Gasteiger partial charge is 0.477 e. The molecule has 2 saturated heterocycles. The average Bonchev–Trinajstić information content (AvgIpc) is 4.34. The van der Waals surface area contributed by atoms with Gasteiger partial charge in [-0.1, -0.05) is 64.2 Å². The van der Waals surface area contributed by atoms with E-state index in [4.69, 9.17) is 9.47 Å². The van der Waals surface area contributed by atoms with Crippen LogP contribution < -0.4 is 20.7 Å². The van der Waals surface area contributed by atoms with Gasteiger partial charge in [0.1, 0.15) is 22.8 Å². The number of anilines is 2. The van der Waals surface area contributed by atoms with E-state index in [0.717, 1.165) is 102 Å². The molecule has 74 heavy (non-hydrogen) atoms. The monoisotopic (exact) mass is 1030 g/mol. The molecule has 2 N–H and O–H groups in total. The van der Waals surface area contributed by atoms with Gasteiger partial charge in [-0.05, 0) is 62.8 Å². The Kier molecular flexibility index (Phi) is 17.7. The number of piperazine rings is 2. The molecule has 18 nitrogen and oxygen atoms in total. The first-order valence-electron chi connectivity index (χ1n) is 26.3. The molecule has 0 spiro atoms. The number of pyridine rings is 2. The predicted molar refractivity (Wildman–Crippen MR) is 271 cm³/mol. The number of hydrogen-bond donors (Lipinski definition) is 2. The fourth-order valence-electron chi connectivity index (χ4n) is 10.1. The third-order valence-corrected chi connectivity index (χ3v) is 14.7. The van der Waals surface area contributed by atoms with E-state index in [2.05, 4.69) is 0 Å². The molecular weight excluding hydrogens is 963 g/mol. The number of nitrogens with zero attached hydrogens (tertiary/aromatic N) is 6. The number of carboxylic acids is 2. The number of benzene rings is 2. The Bertz CT molecular complexity index is 2690. The second kappa shape index (κ2) is 24.4. The van der Waals surface area contributed by atoms with Gasteiger partial charge in [-0.15, -0.1) is 0 Å². The molecule has 0 bridgehead atoms. The summed E-state index contributed by atoms with van der Waals surface area (Å²) < 4.78 is 44.8. The van der Waals surface area contributed by atoms with Crippen LogP contribution in [-0.2, 0) is 28.7 Å². The van der Waals surface area contributed by atoms with Gasteiger partial charge in [-0.3, -0.25) is 28.8 Å². The smallest absolute Gasteiger partial charge is 0.341 e. The third-order valence-electron chi connectivity index (χ3n) is 14.7. The molecule has 4 heterocycles. The second-order valence-electron chi connectivity index (χ2n) is 20.1. The number of hydrogen-bond acceptors (Lipinski definition) is 12. The molecular formula is C54H66F2N6O12. The summed E-state index contributed by atoms with van der Waals surface area (Å²) in [5, 5.41) is 19.1. The molecule has 4 fully saturated rings. The average molecular weight is 1030 g/mol. The van der Waals surface area contributed by atoms with Crippen molar-refractivity contribution in [1.82, 2.24) is 18.9 Å². The summed E-state index contributed by atoms with van der Waals surface area (Å²) >= 11 is 0. The summed E-state index contributed by atoms with van der Waals surface area (Å²) in [6.07, 6.45) is 18.3. The van der Waals surface area contributed by atoms with Gasteiger partial charge in [0.05, 0.1) is 22.4 Å². The zero-order valence-electron chi connectivity index (χ0n) is 41.8. The summed E-state index contributed by atoms with van der Waals surface area (Å²) in [5.41, 5.74) is -0.691. The zero-order valence-corrected chi connectivity index (χ0v) is 41.8. The van der Waals surface area contributed by atoms with Crippen molar-refractivity contribution in [2.75, 3.05) is 75.4 Å². The number of aromatic nitrogens is 2. The predicted octanol–water partition coefficient (Wildman–Crippen LogP) is 7.21. The van der Waals surface area contributed by atoms with Gasteiger partial charge in [0.25, 0.3) is 11.8 Å². The van der Waals surface area contributed by atoms with Crippen LogP contribution in [-0.4, -0.2) is 130 Å². The fraction of sp³-hybridized carbons (Fsp3) is 0.556.